The fourth-order valence-electron chi connectivity index (χ4n) is 3.39. The maximum Gasteiger partial charge on any atom is 0.255 e. The highest BCUT2D eigenvalue weighted by Crippen LogP contribution is 2.15. The van der Waals surface area contributed by atoms with Crippen LogP contribution in [0, 0.1) is 13.8 Å². The lowest BCUT2D eigenvalue weighted by molar-refractivity contribution is -0.872. The summed E-state index contributed by atoms with van der Waals surface area (Å²) in [6.45, 7) is 6.01. The van der Waals surface area contributed by atoms with E-state index < -0.39 is 0 Å². The first-order chi connectivity index (χ1) is 13.4. The molecule has 0 spiro atoms. The summed E-state index contributed by atoms with van der Waals surface area (Å²) in [6.07, 6.45) is 0. The molecule has 1 amide bonds. The molecule has 0 bridgehead atoms. The zero-order valence-electron chi connectivity index (χ0n) is 17.1. The van der Waals surface area contributed by atoms with Gasteiger partial charge in [0.05, 0.1) is 31.9 Å². The fourth-order valence-corrected chi connectivity index (χ4v) is 3.39. The third-order valence-corrected chi connectivity index (χ3v) is 4.82. The van der Waals surface area contributed by atoms with Gasteiger partial charge in [0.15, 0.2) is 0 Å². The molecule has 2 N–H and O–H groups in total. The zero-order chi connectivity index (χ0) is 20.1. The van der Waals surface area contributed by atoms with E-state index in [1.807, 2.05) is 36.7 Å². The van der Waals surface area contributed by atoms with Crippen LogP contribution in [0.15, 0.2) is 54.6 Å². The second-order valence-corrected chi connectivity index (χ2v) is 7.57. The highest BCUT2D eigenvalue weighted by Gasteiger charge is 2.18. The highest BCUT2D eigenvalue weighted by molar-refractivity contribution is 5.96. The van der Waals surface area contributed by atoms with Crippen LogP contribution in [0.25, 0.3) is 0 Å². The molecule has 5 nitrogen and oxygen atoms in total. The Morgan fingerprint density at radius 2 is 1.61 bits per heavy atom. The summed E-state index contributed by atoms with van der Waals surface area (Å²) < 4.78 is 1.90. The summed E-state index contributed by atoms with van der Waals surface area (Å²) >= 11 is 0. The van der Waals surface area contributed by atoms with Gasteiger partial charge in [-0.25, -0.2) is 0 Å². The number of amides is 1. The van der Waals surface area contributed by atoms with E-state index in [-0.39, 0.29) is 5.91 Å². The van der Waals surface area contributed by atoms with Crippen LogP contribution in [0.2, 0.25) is 0 Å². The summed E-state index contributed by atoms with van der Waals surface area (Å²) in [5, 5.41) is 7.61. The number of rotatable bonds is 7. The first kappa shape index (κ1) is 19.8. The minimum atomic E-state index is -0.0730. The summed E-state index contributed by atoms with van der Waals surface area (Å²) in [4.78, 5) is 14.2. The largest absolute Gasteiger partial charge is 0.348 e. The van der Waals surface area contributed by atoms with E-state index >= 15 is 0 Å². The Labute approximate surface area is 167 Å². The van der Waals surface area contributed by atoms with Crippen molar-refractivity contribution >= 4 is 5.91 Å². The van der Waals surface area contributed by atoms with E-state index in [9.17, 15) is 4.79 Å². The van der Waals surface area contributed by atoms with Crippen LogP contribution in [0.1, 0.15) is 38.4 Å². The molecule has 1 aromatic heterocycles. The first-order valence-electron chi connectivity index (χ1n) is 9.67. The molecular formula is C23H29N4O+. The van der Waals surface area contributed by atoms with Crippen molar-refractivity contribution in [3.63, 3.8) is 0 Å². The molecular weight excluding hydrogens is 348 g/mol. The average molecular weight is 378 g/mol. The van der Waals surface area contributed by atoms with Gasteiger partial charge >= 0.3 is 0 Å². The van der Waals surface area contributed by atoms with Gasteiger partial charge in [-0.2, -0.15) is 5.10 Å². The van der Waals surface area contributed by atoms with Gasteiger partial charge in [-0.15, -0.1) is 0 Å². The Bertz CT molecular complexity index is 927. The van der Waals surface area contributed by atoms with Gasteiger partial charge in [-0.3, -0.25) is 9.48 Å². The molecule has 3 aromatic rings. The van der Waals surface area contributed by atoms with Crippen LogP contribution < -0.4 is 10.2 Å². The van der Waals surface area contributed by atoms with Crippen molar-refractivity contribution in [2.45, 2.75) is 33.5 Å². The molecule has 5 heteroatoms. The average Bonchev–Trinajstić information content (AvgIpc) is 2.94. The molecule has 0 saturated carbocycles. The van der Waals surface area contributed by atoms with Crippen molar-refractivity contribution < 1.29 is 9.69 Å². The lowest BCUT2D eigenvalue weighted by Gasteiger charge is -2.09. The molecule has 0 saturated heterocycles. The van der Waals surface area contributed by atoms with Gasteiger partial charge < -0.3 is 10.2 Å². The molecule has 0 fully saturated rings. The third kappa shape index (κ3) is 4.87. The van der Waals surface area contributed by atoms with Gasteiger partial charge in [-0.05, 0) is 25.0 Å². The summed E-state index contributed by atoms with van der Waals surface area (Å²) in [6, 6.07) is 18.6. The predicted molar refractivity (Wildman–Crippen MR) is 111 cm³/mol. The van der Waals surface area contributed by atoms with Crippen LogP contribution in [0.4, 0.5) is 0 Å². The first-order valence-corrected chi connectivity index (χ1v) is 9.67. The zero-order valence-corrected chi connectivity index (χ0v) is 17.1. The minimum Gasteiger partial charge on any atom is -0.348 e. The summed E-state index contributed by atoms with van der Waals surface area (Å²) in [7, 11) is 4.27. The highest BCUT2D eigenvalue weighted by atomic mass is 16.1. The number of benzene rings is 2. The number of hydrogen-bond acceptors (Lipinski definition) is 2. The monoisotopic (exact) mass is 377 g/mol. The molecule has 146 valence electrons. The standard InChI is InChI=1S/C23H28N4O/c1-17-22(18(2)27(25-17)16-20-8-6-5-7-9-20)23(28)24-14-19-10-12-21(13-11-19)15-26(3)4/h5-13H,14-16H2,1-4H3,(H,24,28)/p+1. The number of carbonyl (C=O) groups is 1. The topological polar surface area (TPSA) is 51.4 Å². The molecule has 3 rings (SSSR count). The van der Waals surface area contributed by atoms with E-state index in [4.69, 9.17) is 0 Å². The summed E-state index contributed by atoms with van der Waals surface area (Å²) in [5.41, 5.74) is 5.88. The van der Waals surface area contributed by atoms with Crippen LogP contribution in [0.5, 0.6) is 0 Å². The van der Waals surface area contributed by atoms with E-state index in [0.29, 0.717) is 18.7 Å². The number of nitrogens with zero attached hydrogens (tertiary/aromatic N) is 2. The molecule has 0 aliphatic rings. The smallest absolute Gasteiger partial charge is 0.255 e. The number of aromatic nitrogens is 2. The molecule has 0 atom stereocenters. The Hall–Kier alpha value is -2.92. The van der Waals surface area contributed by atoms with E-state index in [1.54, 1.807) is 0 Å². The quantitative estimate of drug-likeness (QED) is 0.663. The number of hydrogen-bond donors (Lipinski definition) is 2. The third-order valence-electron chi connectivity index (χ3n) is 4.82. The second-order valence-electron chi connectivity index (χ2n) is 7.57. The molecule has 2 aromatic carbocycles. The number of nitrogens with one attached hydrogen (secondary N) is 2. The van der Waals surface area contributed by atoms with Crippen molar-refractivity contribution in [1.29, 1.82) is 0 Å². The number of carbonyl (C=O) groups excluding carboxylic acids is 1. The van der Waals surface area contributed by atoms with Crippen molar-refractivity contribution in [3.05, 3.63) is 88.2 Å². The van der Waals surface area contributed by atoms with Gasteiger partial charge in [-0.1, -0.05) is 54.6 Å². The van der Waals surface area contributed by atoms with Crippen LogP contribution in [0.3, 0.4) is 0 Å². The lowest BCUT2D eigenvalue weighted by atomic mass is 10.1. The number of quaternary nitrogens is 1. The van der Waals surface area contributed by atoms with Gasteiger partial charge in [0, 0.05) is 17.8 Å². The maximum absolute atomic E-state index is 12.8. The molecule has 0 unspecified atom stereocenters. The summed E-state index contributed by atoms with van der Waals surface area (Å²) in [5.74, 6) is -0.0730. The van der Waals surface area contributed by atoms with Crippen LogP contribution >= 0.6 is 0 Å². The van der Waals surface area contributed by atoms with E-state index in [0.717, 1.165) is 23.5 Å². The molecule has 0 aliphatic carbocycles. The normalized spacial score (nSPS) is 11.0. The predicted octanol–water partition coefficient (Wildman–Crippen LogP) is 2.12. The SMILES string of the molecule is Cc1nn(Cc2ccccc2)c(C)c1C(=O)NCc1ccc(C[NH+](C)C)cc1. The van der Waals surface area contributed by atoms with Crippen molar-refractivity contribution in [3.8, 4) is 0 Å². The van der Waals surface area contributed by atoms with Crippen molar-refractivity contribution in [1.82, 2.24) is 15.1 Å². The van der Waals surface area contributed by atoms with Crippen LogP contribution in [-0.4, -0.2) is 29.8 Å². The Morgan fingerprint density at radius 3 is 2.25 bits per heavy atom. The minimum absolute atomic E-state index is 0.0730. The molecule has 1 heterocycles. The second kappa shape index (κ2) is 8.85. The Balaban J connectivity index is 1.66. The van der Waals surface area contributed by atoms with E-state index in [2.05, 4.69) is 60.9 Å². The van der Waals surface area contributed by atoms with Crippen molar-refractivity contribution in [2.24, 2.45) is 0 Å². The van der Waals surface area contributed by atoms with Gasteiger partial charge in [0.25, 0.3) is 5.91 Å². The lowest BCUT2D eigenvalue weighted by Crippen LogP contribution is -3.04. The van der Waals surface area contributed by atoms with Crippen LogP contribution in [-0.2, 0) is 19.6 Å². The van der Waals surface area contributed by atoms with Gasteiger partial charge in [0.2, 0.25) is 0 Å². The van der Waals surface area contributed by atoms with Crippen molar-refractivity contribution in [2.75, 3.05) is 14.1 Å². The molecule has 0 radical (unpaired) electrons. The Kier molecular flexibility index (Phi) is 6.26. The Morgan fingerprint density at radius 1 is 0.964 bits per heavy atom. The van der Waals surface area contributed by atoms with E-state index in [1.165, 1.54) is 16.0 Å². The van der Waals surface area contributed by atoms with Gasteiger partial charge in [0.1, 0.15) is 6.54 Å². The fraction of sp³-hybridized carbons (Fsp3) is 0.304. The molecule has 28 heavy (non-hydrogen) atoms. The molecule has 0 aliphatic heterocycles. The maximum atomic E-state index is 12.8. The number of aryl methyl sites for hydroxylation is 1.